The minimum atomic E-state index is 0.0147. The molecular formula is C16H23NO3. The van der Waals surface area contributed by atoms with Crippen molar-refractivity contribution >= 4 is 5.91 Å². The second kappa shape index (κ2) is 6.16. The SMILES string of the molecule is CCCN1Cc2cc(OC)c(OC)cc2C[C@@H](C)C1=O. The van der Waals surface area contributed by atoms with Gasteiger partial charge in [0.15, 0.2) is 11.5 Å². The zero-order valence-corrected chi connectivity index (χ0v) is 12.7. The Morgan fingerprint density at radius 2 is 1.80 bits per heavy atom. The lowest BCUT2D eigenvalue weighted by Crippen LogP contribution is -2.34. The Balaban J connectivity index is 2.42. The normalized spacial score (nSPS) is 18.5. The lowest BCUT2D eigenvalue weighted by atomic mass is 9.98. The smallest absolute Gasteiger partial charge is 0.226 e. The number of ether oxygens (including phenoxy) is 2. The predicted octanol–water partition coefficient (Wildman–Crippen LogP) is 2.63. The average Bonchev–Trinajstić information content (AvgIpc) is 2.56. The monoisotopic (exact) mass is 277 g/mol. The summed E-state index contributed by atoms with van der Waals surface area (Å²) >= 11 is 0. The van der Waals surface area contributed by atoms with Gasteiger partial charge in [0.2, 0.25) is 5.91 Å². The van der Waals surface area contributed by atoms with Crippen LogP contribution >= 0.6 is 0 Å². The van der Waals surface area contributed by atoms with E-state index in [1.165, 1.54) is 5.56 Å². The molecule has 110 valence electrons. The van der Waals surface area contributed by atoms with Crippen molar-refractivity contribution in [2.24, 2.45) is 5.92 Å². The highest BCUT2D eigenvalue weighted by Gasteiger charge is 2.27. The Bertz CT molecular complexity index is 499. The van der Waals surface area contributed by atoms with Crippen LogP contribution in [0.15, 0.2) is 12.1 Å². The van der Waals surface area contributed by atoms with Gasteiger partial charge < -0.3 is 14.4 Å². The third-order valence-corrected chi connectivity index (χ3v) is 3.82. The van der Waals surface area contributed by atoms with Gasteiger partial charge in [-0.15, -0.1) is 0 Å². The number of hydrogen-bond donors (Lipinski definition) is 0. The Kier molecular flexibility index (Phi) is 4.53. The summed E-state index contributed by atoms with van der Waals surface area (Å²) in [6.45, 7) is 5.55. The van der Waals surface area contributed by atoms with Crippen LogP contribution in [0.4, 0.5) is 0 Å². The number of carbonyl (C=O) groups is 1. The van der Waals surface area contributed by atoms with Gasteiger partial charge in [-0.2, -0.15) is 0 Å². The standard InChI is InChI=1S/C16H23NO3/c1-5-6-17-10-13-9-15(20-4)14(19-3)8-12(13)7-11(2)16(17)18/h8-9,11H,5-7,10H2,1-4H3/t11-/m1/s1. The fraction of sp³-hybridized carbons (Fsp3) is 0.562. The molecule has 1 atom stereocenters. The molecule has 1 amide bonds. The molecule has 4 nitrogen and oxygen atoms in total. The molecule has 2 rings (SSSR count). The summed E-state index contributed by atoms with van der Waals surface area (Å²) in [6.07, 6.45) is 1.73. The first-order valence-electron chi connectivity index (χ1n) is 7.13. The fourth-order valence-electron chi connectivity index (χ4n) is 2.77. The molecule has 0 radical (unpaired) electrons. The first-order valence-corrected chi connectivity index (χ1v) is 7.13. The van der Waals surface area contributed by atoms with Crippen molar-refractivity contribution in [1.82, 2.24) is 4.90 Å². The van der Waals surface area contributed by atoms with E-state index in [9.17, 15) is 4.79 Å². The Hall–Kier alpha value is -1.71. The topological polar surface area (TPSA) is 38.8 Å². The molecule has 1 aromatic rings. The quantitative estimate of drug-likeness (QED) is 0.849. The first kappa shape index (κ1) is 14.7. The van der Waals surface area contributed by atoms with Gasteiger partial charge in [0.1, 0.15) is 0 Å². The molecule has 0 saturated carbocycles. The van der Waals surface area contributed by atoms with Crippen LogP contribution in [0.1, 0.15) is 31.4 Å². The van der Waals surface area contributed by atoms with Crippen molar-refractivity contribution in [2.75, 3.05) is 20.8 Å². The van der Waals surface area contributed by atoms with Gasteiger partial charge in [-0.1, -0.05) is 13.8 Å². The lowest BCUT2D eigenvalue weighted by Gasteiger charge is -2.22. The molecule has 0 aromatic heterocycles. The van der Waals surface area contributed by atoms with Gasteiger partial charge in [0, 0.05) is 19.0 Å². The molecular weight excluding hydrogens is 254 g/mol. The van der Waals surface area contributed by atoms with Gasteiger partial charge in [-0.3, -0.25) is 4.79 Å². The van der Waals surface area contributed by atoms with Crippen molar-refractivity contribution in [2.45, 2.75) is 33.2 Å². The Labute approximate surface area is 120 Å². The fourth-order valence-corrected chi connectivity index (χ4v) is 2.77. The van der Waals surface area contributed by atoms with Crippen LogP contribution in [0.2, 0.25) is 0 Å². The minimum absolute atomic E-state index is 0.0147. The summed E-state index contributed by atoms with van der Waals surface area (Å²) in [5.41, 5.74) is 2.34. The number of nitrogens with zero attached hydrogens (tertiary/aromatic N) is 1. The van der Waals surface area contributed by atoms with Crippen LogP contribution in [-0.2, 0) is 17.8 Å². The molecule has 1 aliphatic heterocycles. The molecule has 0 fully saturated rings. The molecule has 1 aliphatic rings. The van der Waals surface area contributed by atoms with Gasteiger partial charge in [0.25, 0.3) is 0 Å². The van der Waals surface area contributed by atoms with Crippen molar-refractivity contribution in [3.05, 3.63) is 23.3 Å². The summed E-state index contributed by atoms with van der Waals surface area (Å²) in [6, 6.07) is 4.01. The molecule has 1 aromatic carbocycles. The van der Waals surface area contributed by atoms with Crippen molar-refractivity contribution in [3.63, 3.8) is 0 Å². The molecule has 0 bridgehead atoms. The average molecular weight is 277 g/mol. The molecule has 1 heterocycles. The maximum absolute atomic E-state index is 12.4. The van der Waals surface area contributed by atoms with Crippen LogP contribution < -0.4 is 9.47 Å². The molecule has 0 saturated heterocycles. The number of methoxy groups -OCH3 is 2. The van der Waals surface area contributed by atoms with E-state index in [4.69, 9.17) is 9.47 Å². The number of carbonyl (C=O) groups excluding carboxylic acids is 1. The Morgan fingerprint density at radius 1 is 1.20 bits per heavy atom. The summed E-state index contributed by atoms with van der Waals surface area (Å²) in [5, 5.41) is 0. The van der Waals surface area contributed by atoms with Crippen LogP contribution in [0.3, 0.4) is 0 Å². The van der Waals surface area contributed by atoms with E-state index < -0.39 is 0 Å². The van der Waals surface area contributed by atoms with E-state index >= 15 is 0 Å². The highest BCUT2D eigenvalue weighted by Crippen LogP contribution is 2.34. The van der Waals surface area contributed by atoms with E-state index in [-0.39, 0.29) is 11.8 Å². The number of amides is 1. The molecule has 0 N–H and O–H groups in total. The van der Waals surface area contributed by atoms with Crippen LogP contribution in [0, 0.1) is 5.92 Å². The maximum atomic E-state index is 12.4. The summed E-state index contributed by atoms with van der Waals surface area (Å²) in [4.78, 5) is 14.3. The first-order chi connectivity index (χ1) is 9.60. The van der Waals surface area contributed by atoms with E-state index in [0.717, 1.165) is 36.4 Å². The van der Waals surface area contributed by atoms with Crippen molar-refractivity contribution < 1.29 is 14.3 Å². The number of rotatable bonds is 4. The number of benzene rings is 1. The van der Waals surface area contributed by atoms with E-state index in [1.807, 2.05) is 24.0 Å². The zero-order chi connectivity index (χ0) is 14.7. The van der Waals surface area contributed by atoms with E-state index in [1.54, 1.807) is 14.2 Å². The summed E-state index contributed by atoms with van der Waals surface area (Å²) in [7, 11) is 3.28. The van der Waals surface area contributed by atoms with Gasteiger partial charge in [-0.05, 0) is 36.1 Å². The lowest BCUT2D eigenvalue weighted by molar-refractivity contribution is -0.135. The number of hydrogen-bond acceptors (Lipinski definition) is 3. The minimum Gasteiger partial charge on any atom is -0.493 e. The maximum Gasteiger partial charge on any atom is 0.226 e. The van der Waals surface area contributed by atoms with Crippen molar-refractivity contribution in [1.29, 1.82) is 0 Å². The largest absolute Gasteiger partial charge is 0.493 e. The molecule has 20 heavy (non-hydrogen) atoms. The molecule has 0 unspecified atom stereocenters. The van der Waals surface area contributed by atoms with Crippen molar-refractivity contribution in [3.8, 4) is 11.5 Å². The molecule has 0 spiro atoms. The highest BCUT2D eigenvalue weighted by atomic mass is 16.5. The number of fused-ring (bicyclic) bond motifs is 1. The third kappa shape index (κ3) is 2.74. The Morgan fingerprint density at radius 3 is 2.35 bits per heavy atom. The molecule has 0 aliphatic carbocycles. The highest BCUT2D eigenvalue weighted by molar-refractivity contribution is 5.79. The van der Waals surface area contributed by atoms with Gasteiger partial charge in [-0.25, -0.2) is 0 Å². The van der Waals surface area contributed by atoms with Crippen LogP contribution in [0.25, 0.3) is 0 Å². The second-order valence-corrected chi connectivity index (χ2v) is 5.34. The third-order valence-electron chi connectivity index (χ3n) is 3.82. The predicted molar refractivity (Wildman–Crippen MR) is 78.1 cm³/mol. The van der Waals surface area contributed by atoms with Crippen LogP contribution in [0.5, 0.6) is 11.5 Å². The van der Waals surface area contributed by atoms with E-state index in [0.29, 0.717) is 6.54 Å². The van der Waals surface area contributed by atoms with Gasteiger partial charge in [0.05, 0.1) is 14.2 Å². The second-order valence-electron chi connectivity index (χ2n) is 5.34. The van der Waals surface area contributed by atoms with E-state index in [2.05, 4.69) is 6.92 Å². The zero-order valence-electron chi connectivity index (χ0n) is 12.7. The van der Waals surface area contributed by atoms with Crippen LogP contribution in [-0.4, -0.2) is 31.6 Å². The molecule has 4 heteroatoms. The summed E-state index contributed by atoms with van der Waals surface area (Å²) < 4.78 is 10.7. The van der Waals surface area contributed by atoms with Gasteiger partial charge >= 0.3 is 0 Å². The summed E-state index contributed by atoms with van der Waals surface area (Å²) in [5.74, 6) is 1.71.